The third-order valence-electron chi connectivity index (χ3n) is 6.24. The lowest BCUT2D eigenvalue weighted by atomic mass is 10.1. The molecule has 1 aliphatic heterocycles. The highest BCUT2D eigenvalue weighted by atomic mass is 16.5. The Hall–Kier alpha value is -3.66. The summed E-state index contributed by atoms with van der Waals surface area (Å²) >= 11 is 0. The molecule has 11 nitrogen and oxygen atoms in total. The molecule has 0 saturated carbocycles. The average molecular weight is 677 g/mol. The van der Waals surface area contributed by atoms with Gasteiger partial charge in [-0.25, -0.2) is 0 Å². The average Bonchev–Trinajstić information content (AvgIpc) is 3.35. The number of nitrogens with one attached hydrogen (secondary N) is 4. The van der Waals surface area contributed by atoms with Gasteiger partial charge in [0.15, 0.2) is 0 Å². The van der Waals surface area contributed by atoms with E-state index in [0.717, 1.165) is 51.4 Å². The number of likely N-dealkylation sites (tertiary alicyclic amines) is 1. The molecule has 0 aromatic carbocycles. The molecule has 2 heterocycles. The van der Waals surface area contributed by atoms with E-state index < -0.39 is 0 Å². The predicted molar refractivity (Wildman–Crippen MR) is 205 cm³/mol. The summed E-state index contributed by atoms with van der Waals surface area (Å²) in [7, 11) is 3.22. The standard InChI is InChI=1S/C8H18N2.C8H17N.C7H11NO2.C7H9N.C4H9N3.C3H8O/c1-3-5-6-7-10-8-9-4-2;1-3-5-7-9-8-6-4-2;1-3-5-4-6(9)8(2)7(5)10;1-6-3-4-7(2)8-5-6;1-2-6-3-4-7-5;1-3-4-2/h4,9-10H,2-3,5-8H2,1H3;5,7,9H,3-4,6,8H2,1-2H3;5H,3-4H2,1-2H3;3-5H,1-2H3;3,6H,2,5H2,1H3;3H2,1-2H3. The van der Waals surface area contributed by atoms with Crippen LogP contribution in [0.2, 0.25) is 0 Å². The van der Waals surface area contributed by atoms with Crippen molar-refractivity contribution in [2.24, 2.45) is 16.9 Å². The van der Waals surface area contributed by atoms with Crippen LogP contribution in [0.5, 0.6) is 0 Å². The third kappa shape index (κ3) is 40.4. The first-order valence-electron chi connectivity index (χ1n) is 17.4. The van der Waals surface area contributed by atoms with Crippen molar-refractivity contribution in [3.05, 3.63) is 60.8 Å². The minimum absolute atomic E-state index is 0.0208. The summed E-state index contributed by atoms with van der Waals surface area (Å²) < 4.78 is 4.54. The molecule has 6 N–H and O–H groups in total. The Balaban J connectivity index is -0.000000246. The van der Waals surface area contributed by atoms with Crippen LogP contribution in [-0.4, -0.2) is 74.6 Å². The highest BCUT2D eigenvalue weighted by Gasteiger charge is 2.34. The van der Waals surface area contributed by atoms with Gasteiger partial charge >= 0.3 is 0 Å². The number of hydrogen-bond donors (Lipinski definition) is 5. The molecule has 1 atom stereocenters. The molecule has 1 aromatic rings. The summed E-state index contributed by atoms with van der Waals surface area (Å²) in [6, 6.07) is 4.07. The summed E-state index contributed by atoms with van der Waals surface area (Å²) in [6.07, 6.45) is 18.0. The van der Waals surface area contributed by atoms with E-state index in [1.165, 1.54) is 42.6 Å². The van der Waals surface area contributed by atoms with Gasteiger partial charge in [-0.3, -0.25) is 19.5 Å². The van der Waals surface area contributed by atoms with Gasteiger partial charge in [0.05, 0.1) is 12.9 Å². The molecule has 1 fully saturated rings. The number of nitrogens with zero attached hydrogens (tertiary/aromatic N) is 3. The number of imide groups is 1. The van der Waals surface area contributed by atoms with Crippen LogP contribution in [0.1, 0.15) is 104 Å². The minimum Gasteiger partial charge on any atom is -0.391 e. The van der Waals surface area contributed by atoms with E-state index in [1.807, 2.05) is 53.1 Å². The van der Waals surface area contributed by atoms with Crippen molar-refractivity contribution in [2.45, 2.75) is 107 Å². The molecule has 0 radical (unpaired) electrons. The van der Waals surface area contributed by atoms with Crippen molar-refractivity contribution in [1.29, 1.82) is 0 Å². The normalized spacial score (nSPS) is 12.5. The van der Waals surface area contributed by atoms with Crippen molar-refractivity contribution in [3.8, 4) is 0 Å². The van der Waals surface area contributed by atoms with Gasteiger partial charge in [-0.1, -0.05) is 65.7 Å². The van der Waals surface area contributed by atoms with Crippen molar-refractivity contribution in [2.75, 3.05) is 47.1 Å². The summed E-state index contributed by atoms with van der Waals surface area (Å²) in [5.74, 6) is 7.02. The molecule has 0 spiro atoms. The van der Waals surface area contributed by atoms with Gasteiger partial charge in [0, 0.05) is 64.0 Å². The topological polar surface area (TPSA) is 146 Å². The second kappa shape index (κ2) is 43.3. The van der Waals surface area contributed by atoms with Gasteiger partial charge in [0.2, 0.25) is 11.8 Å². The zero-order chi connectivity index (χ0) is 37.3. The molecule has 0 aliphatic carbocycles. The number of carbonyl (C=O) groups is 2. The highest BCUT2D eigenvalue weighted by Crippen LogP contribution is 2.20. The van der Waals surface area contributed by atoms with Gasteiger partial charge in [-0.05, 0) is 84.0 Å². The maximum absolute atomic E-state index is 11.1. The van der Waals surface area contributed by atoms with Crippen molar-refractivity contribution in [3.63, 3.8) is 0 Å². The molecule has 1 unspecified atom stereocenters. The third-order valence-corrected chi connectivity index (χ3v) is 6.24. The van der Waals surface area contributed by atoms with Gasteiger partial charge in [0.25, 0.3) is 0 Å². The largest absolute Gasteiger partial charge is 0.391 e. The fraction of sp³-hybridized carbons (Fsp3) is 0.649. The van der Waals surface area contributed by atoms with Gasteiger partial charge in [-0.2, -0.15) is 0 Å². The van der Waals surface area contributed by atoms with E-state index in [2.05, 4.69) is 81.5 Å². The van der Waals surface area contributed by atoms with Gasteiger partial charge < -0.3 is 31.8 Å². The fourth-order valence-corrected chi connectivity index (χ4v) is 3.17. The Morgan fingerprint density at radius 3 is 2.10 bits per heavy atom. The molecule has 1 saturated heterocycles. The second-order valence-electron chi connectivity index (χ2n) is 10.5. The van der Waals surface area contributed by atoms with Crippen LogP contribution in [0.25, 0.3) is 0 Å². The number of hydrogen-bond acceptors (Lipinski definition) is 10. The lowest BCUT2D eigenvalue weighted by Gasteiger charge is -2.05. The number of amides is 2. The number of aryl methyl sites for hydroxylation is 2. The SMILES string of the molecule is C=CNCNCCCCC.CCC1CC(=O)N(C)C1=O.CCC=CNCCCC.CCNC=C=NN.CCOC.Cc1ccc(C)nc1. The number of nitrogens with two attached hydrogens (primary N) is 1. The Bertz CT molecular complexity index is 910. The number of methoxy groups -OCH3 is 1. The quantitative estimate of drug-likeness (QED) is 0.0347. The molecule has 1 aliphatic rings. The van der Waals surface area contributed by atoms with Crippen LogP contribution < -0.4 is 27.1 Å². The number of carbonyl (C=O) groups excluding carboxylic acids is 2. The van der Waals surface area contributed by atoms with Crippen LogP contribution in [0.3, 0.4) is 0 Å². The van der Waals surface area contributed by atoms with Crippen LogP contribution in [0.4, 0.5) is 0 Å². The highest BCUT2D eigenvalue weighted by molar-refractivity contribution is 6.03. The zero-order valence-corrected chi connectivity index (χ0v) is 32.2. The molecule has 0 bridgehead atoms. The molecule has 1 aromatic heterocycles. The lowest BCUT2D eigenvalue weighted by Crippen LogP contribution is -2.25. The smallest absolute Gasteiger partial charge is 0.232 e. The minimum atomic E-state index is -0.0446. The van der Waals surface area contributed by atoms with Crippen LogP contribution in [0.15, 0.2) is 54.7 Å². The first kappa shape index (κ1) is 51.2. The number of hydrazone groups is 1. The van der Waals surface area contributed by atoms with Gasteiger partial charge in [-0.15, -0.1) is 5.10 Å². The molecule has 278 valence electrons. The van der Waals surface area contributed by atoms with Crippen molar-refractivity contribution in [1.82, 2.24) is 31.2 Å². The lowest BCUT2D eigenvalue weighted by molar-refractivity contribution is -0.137. The molecule has 11 heteroatoms. The molecule has 48 heavy (non-hydrogen) atoms. The molecular weight excluding hydrogens is 604 g/mol. The summed E-state index contributed by atoms with van der Waals surface area (Å²) in [5.41, 5.74) is 2.30. The van der Waals surface area contributed by atoms with Crippen molar-refractivity contribution < 1.29 is 14.3 Å². The number of unbranched alkanes of at least 4 members (excludes halogenated alkanes) is 3. The Morgan fingerprint density at radius 2 is 1.71 bits per heavy atom. The Morgan fingerprint density at radius 1 is 1.04 bits per heavy atom. The summed E-state index contributed by atoms with van der Waals surface area (Å²) in [4.78, 5) is 27.2. The second-order valence-corrected chi connectivity index (χ2v) is 10.5. The van der Waals surface area contributed by atoms with E-state index in [-0.39, 0.29) is 17.7 Å². The van der Waals surface area contributed by atoms with Crippen LogP contribution in [0, 0.1) is 19.8 Å². The molecule has 2 amide bonds. The summed E-state index contributed by atoms with van der Waals surface area (Å²) in [6.45, 7) is 24.7. The number of rotatable bonds is 16. The van der Waals surface area contributed by atoms with E-state index in [9.17, 15) is 9.59 Å². The number of aromatic nitrogens is 1. The van der Waals surface area contributed by atoms with E-state index in [0.29, 0.717) is 6.42 Å². The monoisotopic (exact) mass is 677 g/mol. The maximum atomic E-state index is 11.1. The molecular formula is C37H72N8O3. The number of allylic oxidation sites excluding steroid dienone is 1. The maximum Gasteiger partial charge on any atom is 0.232 e. The number of pyridine rings is 1. The van der Waals surface area contributed by atoms with Crippen LogP contribution in [-0.2, 0) is 14.3 Å². The predicted octanol–water partition coefficient (Wildman–Crippen LogP) is 6.16. The molecule has 2 rings (SSSR count). The van der Waals surface area contributed by atoms with Crippen LogP contribution >= 0.6 is 0 Å². The fourth-order valence-electron chi connectivity index (χ4n) is 3.17. The Kier molecular flexibility index (Phi) is 46.2. The van der Waals surface area contributed by atoms with E-state index >= 15 is 0 Å². The van der Waals surface area contributed by atoms with E-state index in [4.69, 9.17) is 5.84 Å². The summed E-state index contributed by atoms with van der Waals surface area (Å²) in [5, 5.41) is 15.4. The van der Waals surface area contributed by atoms with Crippen molar-refractivity contribution >= 4 is 17.7 Å². The van der Waals surface area contributed by atoms with E-state index in [1.54, 1.807) is 26.6 Å². The zero-order valence-electron chi connectivity index (χ0n) is 32.2. The van der Waals surface area contributed by atoms with Gasteiger partial charge in [0.1, 0.15) is 0 Å². The first-order chi connectivity index (χ1) is 23.1. The number of ether oxygens (including phenoxy) is 1. The first-order valence-corrected chi connectivity index (χ1v) is 17.4. The Labute approximate surface area is 294 Å².